The van der Waals surface area contributed by atoms with Crippen molar-refractivity contribution < 1.29 is 23.9 Å². The predicted octanol–water partition coefficient (Wildman–Crippen LogP) is 6.14. The lowest BCUT2D eigenvalue weighted by molar-refractivity contribution is -0.122. The highest BCUT2D eigenvalue weighted by atomic mass is 79.9. The molecule has 0 spiro atoms. The molecule has 0 radical (unpaired) electrons. The summed E-state index contributed by atoms with van der Waals surface area (Å²) in [7, 11) is 0. The minimum Gasteiger partial charge on any atom is -0.454 e. The molecule has 202 valence electrons. The van der Waals surface area contributed by atoms with Gasteiger partial charge in [-0.25, -0.2) is 9.69 Å². The molecule has 0 N–H and O–H groups in total. The van der Waals surface area contributed by atoms with Crippen LogP contribution in [0.4, 0.5) is 5.69 Å². The van der Waals surface area contributed by atoms with Crippen LogP contribution in [0.2, 0.25) is 0 Å². The van der Waals surface area contributed by atoms with Crippen molar-refractivity contribution in [2.45, 2.75) is 8.65 Å². The first kappa shape index (κ1) is 26.0. The minimum absolute atomic E-state index is 0.208. The number of carbonyl (C=O) groups is 4. The molecule has 2 bridgehead atoms. The maximum atomic E-state index is 14.2. The molecule has 4 aliphatic rings. The van der Waals surface area contributed by atoms with Crippen LogP contribution in [0.3, 0.4) is 0 Å². The van der Waals surface area contributed by atoms with Gasteiger partial charge in [0.25, 0.3) is 0 Å². The summed E-state index contributed by atoms with van der Waals surface area (Å²) in [6, 6.07) is 30.5. The maximum absolute atomic E-state index is 14.2. The average molecular weight is 671 g/mol. The van der Waals surface area contributed by atoms with Crippen molar-refractivity contribution in [3.63, 3.8) is 0 Å². The molecule has 41 heavy (non-hydrogen) atoms. The number of ketones is 1. The summed E-state index contributed by atoms with van der Waals surface area (Å²) in [5.74, 6) is -2.98. The molecule has 1 aliphatic heterocycles. The molecule has 8 heteroatoms. The second-order valence-electron chi connectivity index (χ2n) is 10.4. The molecule has 1 saturated heterocycles. The van der Waals surface area contributed by atoms with Gasteiger partial charge >= 0.3 is 5.97 Å². The number of amides is 2. The van der Waals surface area contributed by atoms with Crippen LogP contribution in [0.1, 0.15) is 43.0 Å². The highest BCUT2D eigenvalue weighted by Crippen LogP contribution is 2.70. The van der Waals surface area contributed by atoms with E-state index in [-0.39, 0.29) is 23.2 Å². The van der Waals surface area contributed by atoms with Crippen molar-refractivity contribution in [3.8, 4) is 0 Å². The Hall–Kier alpha value is -3.88. The molecule has 1 fully saturated rings. The van der Waals surface area contributed by atoms with Crippen molar-refractivity contribution in [2.24, 2.45) is 11.8 Å². The van der Waals surface area contributed by atoms with Gasteiger partial charge in [-0.05, 0) is 46.5 Å². The number of halogens is 2. The van der Waals surface area contributed by atoms with E-state index in [1.54, 1.807) is 42.5 Å². The largest absolute Gasteiger partial charge is 0.454 e. The molecule has 8 rings (SSSR count). The van der Waals surface area contributed by atoms with Crippen molar-refractivity contribution in [1.82, 2.24) is 0 Å². The number of hydrogen-bond donors (Lipinski definition) is 0. The Labute approximate surface area is 252 Å². The number of nitrogens with zero attached hydrogens (tertiary/aromatic N) is 1. The monoisotopic (exact) mass is 669 g/mol. The van der Waals surface area contributed by atoms with Gasteiger partial charge in [0.1, 0.15) is 0 Å². The van der Waals surface area contributed by atoms with Gasteiger partial charge in [0, 0.05) is 5.56 Å². The van der Waals surface area contributed by atoms with E-state index in [4.69, 9.17) is 4.74 Å². The molecule has 6 nitrogen and oxygen atoms in total. The van der Waals surface area contributed by atoms with Crippen molar-refractivity contribution in [3.05, 3.63) is 137 Å². The van der Waals surface area contributed by atoms with E-state index < -0.39 is 33.1 Å². The fourth-order valence-corrected chi connectivity index (χ4v) is 8.89. The smallest absolute Gasteiger partial charge is 0.338 e. The van der Waals surface area contributed by atoms with Gasteiger partial charge < -0.3 is 4.74 Å². The second kappa shape index (κ2) is 9.33. The lowest BCUT2D eigenvalue weighted by atomic mass is 9.54. The third-order valence-electron chi connectivity index (χ3n) is 8.38. The van der Waals surface area contributed by atoms with Crippen molar-refractivity contribution in [1.29, 1.82) is 0 Å². The molecular formula is C33H21Br2NO5. The summed E-state index contributed by atoms with van der Waals surface area (Å²) in [6.45, 7) is -0.390. The standard InChI is InChI=1S/C33H21Br2NO5/c34-32-22-10-4-5-11-23(22)33(35,25-13-7-6-12-24(25)32)28-27(32)29(38)36(30(28)39)21-16-14-20(15-17-21)31(40)41-18-26(37)19-8-2-1-3-9-19/h1-17,27-28H,18H2. The van der Waals surface area contributed by atoms with E-state index in [2.05, 4.69) is 31.9 Å². The van der Waals surface area contributed by atoms with Gasteiger partial charge in [-0.15, -0.1) is 0 Å². The lowest BCUT2D eigenvalue weighted by Gasteiger charge is -2.55. The van der Waals surface area contributed by atoms with Crippen LogP contribution >= 0.6 is 31.9 Å². The Balaban J connectivity index is 1.20. The Morgan fingerprint density at radius 1 is 0.634 bits per heavy atom. The van der Waals surface area contributed by atoms with E-state index in [1.165, 1.54) is 17.0 Å². The number of Topliss-reactive ketones (excluding diaryl/α,β-unsaturated/α-hetero) is 1. The molecule has 0 aromatic heterocycles. The number of alkyl halides is 2. The van der Waals surface area contributed by atoms with Gasteiger partial charge in [-0.1, -0.05) is 111 Å². The summed E-state index contributed by atoms with van der Waals surface area (Å²) in [5, 5.41) is 0. The lowest BCUT2D eigenvalue weighted by Crippen LogP contribution is -2.56. The van der Waals surface area contributed by atoms with Crippen LogP contribution in [-0.4, -0.2) is 30.2 Å². The van der Waals surface area contributed by atoms with Crippen LogP contribution in [0.15, 0.2) is 103 Å². The number of ether oxygens (including phenoxy) is 1. The molecule has 2 atom stereocenters. The molecule has 2 unspecified atom stereocenters. The highest BCUT2D eigenvalue weighted by molar-refractivity contribution is 9.10. The van der Waals surface area contributed by atoms with Crippen LogP contribution in [0.5, 0.6) is 0 Å². The third kappa shape index (κ3) is 3.53. The van der Waals surface area contributed by atoms with Crippen molar-refractivity contribution in [2.75, 3.05) is 11.5 Å². The second-order valence-corrected chi connectivity index (χ2v) is 12.9. The molecular weight excluding hydrogens is 650 g/mol. The van der Waals surface area contributed by atoms with Gasteiger partial charge in [0.2, 0.25) is 11.8 Å². The number of carbonyl (C=O) groups excluding carboxylic acids is 4. The Morgan fingerprint density at radius 2 is 1.07 bits per heavy atom. The summed E-state index contributed by atoms with van der Waals surface area (Å²) >= 11 is 7.99. The SMILES string of the molecule is O=C(COC(=O)c1ccc(N2C(=O)C3C(C2=O)C2(Br)c4ccccc4C3(Br)c3ccccc32)cc1)c1ccccc1. The van der Waals surface area contributed by atoms with Gasteiger partial charge in [-0.2, -0.15) is 0 Å². The van der Waals surface area contributed by atoms with Gasteiger partial charge in [-0.3, -0.25) is 14.4 Å². The quantitative estimate of drug-likeness (QED) is 0.110. The summed E-state index contributed by atoms with van der Waals surface area (Å²) < 4.78 is 3.46. The molecule has 3 aliphatic carbocycles. The van der Waals surface area contributed by atoms with Gasteiger partial charge in [0.15, 0.2) is 12.4 Å². The Morgan fingerprint density at radius 3 is 1.54 bits per heavy atom. The molecule has 1 heterocycles. The molecule has 4 aromatic carbocycles. The zero-order valence-corrected chi connectivity index (χ0v) is 24.6. The predicted molar refractivity (Wildman–Crippen MR) is 159 cm³/mol. The van der Waals surface area contributed by atoms with Crippen LogP contribution in [-0.2, 0) is 23.0 Å². The third-order valence-corrected chi connectivity index (χ3v) is 11.1. The number of rotatable bonds is 5. The van der Waals surface area contributed by atoms with Crippen LogP contribution in [0, 0.1) is 11.8 Å². The minimum atomic E-state index is -0.878. The molecule has 4 aromatic rings. The normalized spacial score (nSPS) is 25.4. The fraction of sp³-hybridized carbons (Fsp3) is 0.152. The molecule has 2 amide bonds. The fourth-order valence-electron chi connectivity index (χ4n) is 6.59. The number of hydrogen-bond acceptors (Lipinski definition) is 5. The zero-order valence-electron chi connectivity index (χ0n) is 21.4. The number of imide groups is 1. The first-order valence-electron chi connectivity index (χ1n) is 13.1. The van der Waals surface area contributed by atoms with Crippen LogP contribution < -0.4 is 4.90 Å². The summed E-state index contributed by atoms with van der Waals surface area (Å²) in [6.07, 6.45) is 0. The Kier molecular flexibility index (Phi) is 5.92. The molecule has 0 saturated carbocycles. The van der Waals surface area contributed by atoms with Crippen LogP contribution in [0.25, 0.3) is 0 Å². The number of esters is 1. The zero-order chi connectivity index (χ0) is 28.5. The average Bonchev–Trinajstić information content (AvgIpc) is 3.29. The van der Waals surface area contributed by atoms with E-state index in [0.29, 0.717) is 11.3 Å². The van der Waals surface area contributed by atoms with E-state index in [9.17, 15) is 19.2 Å². The number of anilines is 1. The Bertz CT molecular complexity index is 1650. The first-order chi connectivity index (χ1) is 19.8. The van der Waals surface area contributed by atoms with E-state index in [1.807, 2.05) is 48.5 Å². The number of benzene rings is 4. The van der Waals surface area contributed by atoms with Crippen molar-refractivity contribution >= 4 is 61.1 Å². The van der Waals surface area contributed by atoms with Gasteiger partial charge in [0.05, 0.1) is 31.7 Å². The first-order valence-corrected chi connectivity index (χ1v) is 14.7. The van der Waals surface area contributed by atoms with E-state index >= 15 is 0 Å². The highest BCUT2D eigenvalue weighted by Gasteiger charge is 2.72. The topological polar surface area (TPSA) is 80.8 Å². The van der Waals surface area contributed by atoms with E-state index in [0.717, 1.165) is 22.3 Å². The summed E-state index contributed by atoms with van der Waals surface area (Å²) in [4.78, 5) is 54.5. The summed E-state index contributed by atoms with van der Waals surface area (Å²) in [5.41, 5.74) is 4.87. The maximum Gasteiger partial charge on any atom is 0.338 e.